The van der Waals surface area contributed by atoms with Gasteiger partial charge in [-0.25, -0.2) is 4.98 Å². The smallest absolute Gasteiger partial charge is 0.309 e. The number of H-pyrrole nitrogens is 1. The molecule has 1 aromatic heterocycles. The highest BCUT2D eigenvalue weighted by Gasteiger charge is 2.13. The number of hydrogen-bond acceptors (Lipinski definition) is 2. The van der Waals surface area contributed by atoms with Crippen LogP contribution in [-0.2, 0) is 17.6 Å². The third-order valence-electron chi connectivity index (χ3n) is 3.10. The Hall–Kier alpha value is -2.10. The van der Waals surface area contributed by atoms with E-state index in [4.69, 9.17) is 5.11 Å². The zero-order chi connectivity index (χ0) is 14.7. The fraction of sp³-hybridized carbons (Fsp3) is 0.375. The first kappa shape index (κ1) is 14.3. The summed E-state index contributed by atoms with van der Waals surface area (Å²) in [7, 11) is 0. The first-order valence-electron chi connectivity index (χ1n) is 6.82. The van der Waals surface area contributed by atoms with Gasteiger partial charge in [0.05, 0.1) is 17.8 Å². The molecule has 2 N–H and O–H groups in total. The number of hydrogen-bond donors (Lipinski definition) is 2. The number of carbonyl (C=O) groups is 1. The van der Waals surface area contributed by atoms with Gasteiger partial charge in [0.2, 0.25) is 0 Å². The molecule has 0 radical (unpaired) electrons. The van der Waals surface area contributed by atoms with Crippen molar-refractivity contribution in [2.24, 2.45) is 5.92 Å². The van der Waals surface area contributed by atoms with Crippen molar-refractivity contribution < 1.29 is 9.90 Å². The molecule has 2 rings (SSSR count). The van der Waals surface area contributed by atoms with E-state index in [1.807, 2.05) is 19.1 Å². The first-order valence-corrected chi connectivity index (χ1v) is 6.82. The summed E-state index contributed by atoms with van der Waals surface area (Å²) in [5.41, 5.74) is 3.64. The van der Waals surface area contributed by atoms with Crippen molar-refractivity contribution >= 4 is 5.97 Å². The normalized spacial score (nSPS) is 11.0. The summed E-state index contributed by atoms with van der Waals surface area (Å²) in [6.07, 6.45) is 1.01. The van der Waals surface area contributed by atoms with Crippen LogP contribution in [0, 0.1) is 12.8 Å². The van der Waals surface area contributed by atoms with E-state index in [0.29, 0.717) is 11.6 Å². The first-order chi connectivity index (χ1) is 9.45. The molecule has 4 heteroatoms. The van der Waals surface area contributed by atoms with Gasteiger partial charge in [0, 0.05) is 5.56 Å². The summed E-state index contributed by atoms with van der Waals surface area (Å²) in [5, 5.41) is 8.94. The minimum absolute atomic E-state index is 0.0378. The highest BCUT2D eigenvalue weighted by atomic mass is 16.4. The Bertz CT molecular complexity index is 597. The number of nitrogens with one attached hydrogen (secondary N) is 1. The molecule has 0 aliphatic rings. The number of benzene rings is 1. The van der Waals surface area contributed by atoms with E-state index >= 15 is 0 Å². The zero-order valence-electron chi connectivity index (χ0n) is 12.1. The number of aromatic nitrogens is 2. The number of aryl methyl sites for hydroxylation is 1. The van der Waals surface area contributed by atoms with Crippen LogP contribution < -0.4 is 0 Å². The molecule has 4 nitrogen and oxygen atoms in total. The summed E-state index contributed by atoms with van der Waals surface area (Å²) in [6, 6.07) is 8.20. The van der Waals surface area contributed by atoms with Crippen molar-refractivity contribution in [1.82, 2.24) is 9.97 Å². The van der Waals surface area contributed by atoms with Gasteiger partial charge in [-0.05, 0) is 24.8 Å². The van der Waals surface area contributed by atoms with Gasteiger partial charge in [0.15, 0.2) is 0 Å². The fourth-order valence-corrected chi connectivity index (χ4v) is 2.33. The minimum atomic E-state index is -0.855. The predicted molar refractivity (Wildman–Crippen MR) is 78.6 cm³/mol. The predicted octanol–water partition coefficient (Wildman–Crippen LogP) is 3.21. The van der Waals surface area contributed by atoms with Crippen molar-refractivity contribution in [2.45, 2.75) is 33.6 Å². The Morgan fingerprint density at radius 2 is 1.95 bits per heavy atom. The highest BCUT2D eigenvalue weighted by Crippen LogP contribution is 2.23. The summed E-state index contributed by atoms with van der Waals surface area (Å²) in [4.78, 5) is 18.3. The van der Waals surface area contributed by atoms with Crippen molar-refractivity contribution in [3.63, 3.8) is 0 Å². The molecule has 0 fully saturated rings. The highest BCUT2D eigenvalue weighted by molar-refractivity contribution is 5.74. The molecule has 20 heavy (non-hydrogen) atoms. The lowest BCUT2D eigenvalue weighted by atomic mass is 10.0. The maximum Gasteiger partial charge on any atom is 0.309 e. The lowest BCUT2D eigenvalue weighted by Gasteiger charge is -2.06. The van der Waals surface area contributed by atoms with E-state index in [1.54, 1.807) is 0 Å². The largest absolute Gasteiger partial charge is 0.481 e. The summed E-state index contributed by atoms with van der Waals surface area (Å²) >= 11 is 0. The second kappa shape index (κ2) is 5.90. The van der Waals surface area contributed by atoms with E-state index in [1.165, 1.54) is 5.56 Å². The lowest BCUT2D eigenvalue weighted by molar-refractivity contribution is -0.136. The number of imidazole rings is 1. The average Bonchev–Trinajstić information content (AvgIpc) is 2.69. The minimum Gasteiger partial charge on any atom is -0.481 e. The molecule has 0 saturated heterocycles. The van der Waals surface area contributed by atoms with Crippen LogP contribution in [0.3, 0.4) is 0 Å². The number of carboxylic acids is 1. The van der Waals surface area contributed by atoms with Crippen LogP contribution in [0.2, 0.25) is 0 Å². The van der Waals surface area contributed by atoms with Gasteiger partial charge in [-0.2, -0.15) is 0 Å². The number of aromatic amines is 1. The van der Waals surface area contributed by atoms with Crippen molar-refractivity contribution in [1.29, 1.82) is 0 Å². The molecule has 106 valence electrons. The number of carboxylic acid groups (broad SMARTS) is 1. The SMILES string of the molecule is Cc1nc(-c2ccc(CC(C)C)cc2)c(CC(=O)O)[nH]1. The molecule has 2 aromatic rings. The quantitative estimate of drug-likeness (QED) is 0.878. The Morgan fingerprint density at radius 1 is 1.30 bits per heavy atom. The molecule has 1 aromatic carbocycles. The lowest BCUT2D eigenvalue weighted by Crippen LogP contribution is -2.02. The van der Waals surface area contributed by atoms with E-state index in [2.05, 4.69) is 35.9 Å². The van der Waals surface area contributed by atoms with Gasteiger partial charge in [0.25, 0.3) is 0 Å². The number of rotatable bonds is 5. The molecule has 0 unspecified atom stereocenters. The standard InChI is InChI=1S/C16H20N2O2/c1-10(2)8-12-4-6-13(7-5-12)16-14(9-15(19)20)17-11(3)18-16/h4-7,10H,8-9H2,1-3H3,(H,17,18)(H,19,20). The third-order valence-corrected chi connectivity index (χ3v) is 3.10. The summed E-state index contributed by atoms with van der Waals surface area (Å²) < 4.78 is 0. The second-order valence-electron chi connectivity index (χ2n) is 5.51. The maximum absolute atomic E-state index is 10.9. The van der Waals surface area contributed by atoms with Crippen molar-refractivity contribution in [3.05, 3.63) is 41.3 Å². The maximum atomic E-state index is 10.9. The van der Waals surface area contributed by atoms with Gasteiger partial charge in [-0.15, -0.1) is 0 Å². The molecular weight excluding hydrogens is 252 g/mol. The number of nitrogens with zero attached hydrogens (tertiary/aromatic N) is 1. The van der Waals surface area contributed by atoms with E-state index < -0.39 is 5.97 Å². The van der Waals surface area contributed by atoms with Crippen LogP contribution in [0.15, 0.2) is 24.3 Å². The van der Waals surface area contributed by atoms with Gasteiger partial charge in [0.1, 0.15) is 5.82 Å². The molecule has 0 bridgehead atoms. The Morgan fingerprint density at radius 3 is 2.50 bits per heavy atom. The number of aliphatic carboxylic acids is 1. The van der Waals surface area contributed by atoms with E-state index in [9.17, 15) is 4.79 Å². The van der Waals surface area contributed by atoms with Crippen LogP contribution in [0.1, 0.15) is 30.9 Å². The zero-order valence-corrected chi connectivity index (χ0v) is 12.1. The van der Waals surface area contributed by atoms with Crippen LogP contribution in [0.4, 0.5) is 0 Å². The Labute approximate surface area is 118 Å². The van der Waals surface area contributed by atoms with Crippen molar-refractivity contribution in [2.75, 3.05) is 0 Å². The molecule has 0 atom stereocenters. The average molecular weight is 272 g/mol. The molecule has 0 aliphatic carbocycles. The van der Waals surface area contributed by atoms with Gasteiger partial charge in [-0.1, -0.05) is 38.1 Å². The molecule has 0 aliphatic heterocycles. The summed E-state index contributed by atoms with van der Waals surface area (Å²) in [6.45, 7) is 6.22. The van der Waals surface area contributed by atoms with Gasteiger partial charge in [-0.3, -0.25) is 4.79 Å². The Balaban J connectivity index is 2.29. The van der Waals surface area contributed by atoms with Gasteiger partial charge >= 0.3 is 5.97 Å². The fourth-order valence-electron chi connectivity index (χ4n) is 2.33. The van der Waals surface area contributed by atoms with Crippen LogP contribution in [0.5, 0.6) is 0 Å². The molecule has 0 spiro atoms. The monoisotopic (exact) mass is 272 g/mol. The van der Waals surface area contributed by atoms with Crippen LogP contribution in [0.25, 0.3) is 11.3 Å². The van der Waals surface area contributed by atoms with Gasteiger partial charge < -0.3 is 10.1 Å². The molecule has 0 amide bonds. The molecule has 0 saturated carbocycles. The van der Waals surface area contributed by atoms with Crippen LogP contribution in [-0.4, -0.2) is 21.0 Å². The Kier molecular flexibility index (Phi) is 4.23. The third kappa shape index (κ3) is 3.47. The summed E-state index contributed by atoms with van der Waals surface area (Å²) in [5.74, 6) is 0.505. The van der Waals surface area contributed by atoms with E-state index in [-0.39, 0.29) is 6.42 Å². The molecule has 1 heterocycles. The van der Waals surface area contributed by atoms with Crippen molar-refractivity contribution in [3.8, 4) is 11.3 Å². The second-order valence-corrected chi connectivity index (χ2v) is 5.51. The topological polar surface area (TPSA) is 66.0 Å². The van der Waals surface area contributed by atoms with Crippen LogP contribution >= 0.6 is 0 Å². The van der Waals surface area contributed by atoms with E-state index in [0.717, 1.165) is 23.5 Å². The molecular formula is C16H20N2O2.